The van der Waals surface area contributed by atoms with Gasteiger partial charge in [0.05, 0.1) is 6.04 Å². The molecular weight excluding hydrogens is 468 g/mol. The standard InChI is InChI=1S/C26H25F2N5OS/c1-17(32(2)3)24-30-31-26(33(24)22-15-11-20(28)12-16-22)35-23(18-7-5-4-6-8-18)25(34)29-21-13-9-19(27)10-14-21/h4-17,23H,1-3H3,(H,29,34)/t17-,23+/m0/s1. The Bertz CT molecular complexity index is 1280. The molecule has 0 aliphatic heterocycles. The van der Waals surface area contributed by atoms with Crippen LogP contribution < -0.4 is 5.32 Å². The third-order valence-electron chi connectivity index (χ3n) is 5.57. The lowest BCUT2D eigenvalue weighted by Crippen LogP contribution is -2.21. The quantitative estimate of drug-likeness (QED) is 0.322. The smallest absolute Gasteiger partial charge is 0.242 e. The maximum Gasteiger partial charge on any atom is 0.242 e. The van der Waals surface area contributed by atoms with E-state index in [1.54, 1.807) is 12.1 Å². The van der Waals surface area contributed by atoms with E-state index in [0.717, 1.165) is 5.56 Å². The summed E-state index contributed by atoms with van der Waals surface area (Å²) in [4.78, 5) is 15.4. The van der Waals surface area contributed by atoms with Gasteiger partial charge in [0.1, 0.15) is 16.9 Å². The predicted octanol–water partition coefficient (Wildman–Crippen LogP) is 5.64. The number of carbonyl (C=O) groups excluding carboxylic acids is 1. The largest absolute Gasteiger partial charge is 0.325 e. The highest BCUT2D eigenvalue weighted by molar-refractivity contribution is 8.00. The van der Waals surface area contributed by atoms with Gasteiger partial charge in [-0.3, -0.25) is 14.3 Å². The second-order valence-corrected chi connectivity index (χ2v) is 9.27. The first kappa shape index (κ1) is 24.6. The molecule has 0 fully saturated rings. The van der Waals surface area contributed by atoms with Gasteiger partial charge >= 0.3 is 0 Å². The Morgan fingerprint density at radius 2 is 1.51 bits per heavy atom. The molecule has 6 nitrogen and oxygen atoms in total. The van der Waals surface area contributed by atoms with Crippen molar-refractivity contribution in [3.05, 3.63) is 102 Å². The van der Waals surface area contributed by atoms with Crippen molar-refractivity contribution in [2.45, 2.75) is 23.4 Å². The molecule has 0 aliphatic carbocycles. The number of nitrogens with zero attached hydrogens (tertiary/aromatic N) is 4. The van der Waals surface area contributed by atoms with Crippen LogP contribution in [0.4, 0.5) is 14.5 Å². The topological polar surface area (TPSA) is 63.1 Å². The Balaban J connectivity index is 1.74. The molecule has 4 aromatic rings. The van der Waals surface area contributed by atoms with E-state index in [1.807, 2.05) is 60.8 Å². The number of benzene rings is 3. The number of hydrogen-bond donors (Lipinski definition) is 1. The number of hydrogen-bond acceptors (Lipinski definition) is 5. The molecule has 1 N–H and O–H groups in total. The molecule has 0 saturated heterocycles. The average Bonchev–Trinajstić information content (AvgIpc) is 3.27. The van der Waals surface area contributed by atoms with E-state index in [1.165, 1.54) is 48.2 Å². The van der Waals surface area contributed by atoms with Crippen molar-refractivity contribution >= 4 is 23.4 Å². The van der Waals surface area contributed by atoms with Crippen LogP contribution in [0.15, 0.2) is 84.0 Å². The fraction of sp³-hybridized carbons (Fsp3) is 0.192. The maximum absolute atomic E-state index is 13.7. The zero-order chi connectivity index (χ0) is 24.9. The number of amides is 1. The summed E-state index contributed by atoms with van der Waals surface area (Å²) in [5, 5.41) is 11.5. The van der Waals surface area contributed by atoms with Gasteiger partial charge in [0.15, 0.2) is 11.0 Å². The molecule has 180 valence electrons. The lowest BCUT2D eigenvalue weighted by molar-refractivity contribution is -0.115. The SMILES string of the molecule is C[C@@H](c1nnc(S[C@@H](C(=O)Nc2ccc(F)cc2)c2ccccc2)n1-c1ccc(F)cc1)N(C)C. The third kappa shape index (κ3) is 5.75. The van der Waals surface area contributed by atoms with Gasteiger partial charge in [-0.15, -0.1) is 10.2 Å². The van der Waals surface area contributed by atoms with Gasteiger partial charge in [0, 0.05) is 11.4 Å². The highest BCUT2D eigenvalue weighted by Crippen LogP contribution is 2.37. The van der Waals surface area contributed by atoms with Gasteiger partial charge in [-0.2, -0.15) is 0 Å². The summed E-state index contributed by atoms with van der Waals surface area (Å²) in [6, 6.07) is 20.9. The third-order valence-corrected chi connectivity index (χ3v) is 6.76. The van der Waals surface area contributed by atoms with E-state index in [2.05, 4.69) is 15.5 Å². The van der Waals surface area contributed by atoms with Crippen molar-refractivity contribution in [1.29, 1.82) is 0 Å². The first-order valence-electron chi connectivity index (χ1n) is 11.0. The molecule has 0 saturated carbocycles. The molecular formula is C26H25F2N5OS. The van der Waals surface area contributed by atoms with Crippen LogP contribution in [-0.4, -0.2) is 39.7 Å². The van der Waals surface area contributed by atoms with Crippen LogP contribution in [0, 0.1) is 11.6 Å². The number of thioether (sulfide) groups is 1. The number of halogens is 2. The molecule has 1 heterocycles. The minimum absolute atomic E-state index is 0.0925. The summed E-state index contributed by atoms with van der Waals surface area (Å²) in [5.74, 6) is -0.357. The van der Waals surface area contributed by atoms with Crippen LogP contribution in [0.25, 0.3) is 5.69 Å². The summed E-state index contributed by atoms with van der Waals surface area (Å²) < 4.78 is 28.8. The second kappa shape index (κ2) is 10.8. The van der Waals surface area contributed by atoms with Gasteiger partial charge in [0.25, 0.3) is 0 Å². The summed E-state index contributed by atoms with van der Waals surface area (Å²) >= 11 is 1.24. The summed E-state index contributed by atoms with van der Waals surface area (Å²) in [6.45, 7) is 1.99. The van der Waals surface area contributed by atoms with E-state index in [-0.39, 0.29) is 23.6 Å². The maximum atomic E-state index is 13.7. The average molecular weight is 494 g/mol. The van der Waals surface area contributed by atoms with Crippen LogP contribution in [-0.2, 0) is 4.79 Å². The normalized spacial score (nSPS) is 13.0. The predicted molar refractivity (Wildman–Crippen MR) is 133 cm³/mol. The molecule has 9 heteroatoms. The van der Waals surface area contributed by atoms with E-state index >= 15 is 0 Å². The Labute approximate surface area is 207 Å². The van der Waals surface area contributed by atoms with Crippen LogP contribution >= 0.6 is 11.8 Å². The molecule has 0 radical (unpaired) electrons. The van der Waals surface area contributed by atoms with Crippen molar-refractivity contribution in [2.75, 3.05) is 19.4 Å². The van der Waals surface area contributed by atoms with Crippen molar-refractivity contribution in [3.63, 3.8) is 0 Å². The number of aromatic nitrogens is 3. The fourth-order valence-electron chi connectivity index (χ4n) is 3.44. The van der Waals surface area contributed by atoms with Gasteiger partial charge < -0.3 is 5.32 Å². The van der Waals surface area contributed by atoms with Crippen molar-refractivity contribution in [1.82, 2.24) is 19.7 Å². The molecule has 35 heavy (non-hydrogen) atoms. The summed E-state index contributed by atoms with van der Waals surface area (Å²) in [7, 11) is 3.87. The first-order chi connectivity index (χ1) is 16.8. The van der Waals surface area contributed by atoms with Crippen molar-refractivity contribution in [2.24, 2.45) is 0 Å². The van der Waals surface area contributed by atoms with Gasteiger partial charge in [-0.05, 0) is 75.1 Å². The Kier molecular flexibility index (Phi) is 7.57. The molecule has 4 rings (SSSR count). The molecule has 1 amide bonds. The van der Waals surface area contributed by atoms with E-state index in [9.17, 15) is 13.6 Å². The Morgan fingerprint density at radius 1 is 0.914 bits per heavy atom. The van der Waals surface area contributed by atoms with Gasteiger partial charge in [-0.25, -0.2) is 8.78 Å². The summed E-state index contributed by atoms with van der Waals surface area (Å²) in [5.41, 5.74) is 1.95. The Morgan fingerprint density at radius 3 is 2.11 bits per heavy atom. The number of rotatable bonds is 8. The fourth-order valence-corrected chi connectivity index (χ4v) is 4.50. The van der Waals surface area contributed by atoms with Crippen LogP contribution in [0.1, 0.15) is 29.6 Å². The monoisotopic (exact) mass is 493 g/mol. The molecule has 0 aliphatic rings. The summed E-state index contributed by atoms with van der Waals surface area (Å²) in [6.07, 6.45) is 0. The lowest BCUT2D eigenvalue weighted by Gasteiger charge is -2.21. The highest BCUT2D eigenvalue weighted by Gasteiger charge is 2.28. The molecule has 0 bridgehead atoms. The van der Waals surface area contributed by atoms with Gasteiger partial charge in [-0.1, -0.05) is 42.1 Å². The molecule has 1 aromatic heterocycles. The Hall–Kier alpha value is -3.56. The zero-order valence-corrected chi connectivity index (χ0v) is 20.3. The first-order valence-corrected chi connectivity index (χ1v) is 11.9. The molecule has 0 spiro atoms. The lowest BCUT2D eigenvalue weighted by atomic mass is 10.1. The van der Waals surface area contributed by atoms with E-state index in [4.69, 9.17) is 0 Å². The molecule has 3 aromatic carbocycles. The number of anilines is 1. The highest BCUT2D eigenvalue weighted by atomic mass is 32.2. The minimum Gasteiger partial charge on any atom is -0.325 e. The van der Waals surface area contributed by atoms with E-state index in [0.29, 0.717) is 22.4 Å². The van der Waals surface area contributed by atoms with Crippen LogP contribution in [0.2, 0.25) is 0 Å². The number of nitrogens with one attached hydrogen (secondary N) is 1. The van der Waals surface area contributed by atoms with Gasteiger partial charge in [0.2, 0.25) is 5.91 Å². The van der Waals surface area contributed by atoms with Crippen LogP contribution in [0.3, 0.4) is 0 Å². The zero-order valence-electron chi connectivity index (χ0n) is 19.5. The second-order valence-electron chi connectivity index (χ2n) is 8.20. The van der Waals surface area contributed by atoms with Crippen LogP contribution in [0.5, 0.6) is 0 Å². The molecule has 2 atom stereocenters. The molecule has 0 unspecified atom stereocenters. The van der Waals surface area contributed by atoms with E-state index < -0.39 is 5.25 Å². The minimum atomic E-state index is -0.674. The van der Waals surface area contributed by atoms with Crippen molar-refractivity contribution < 1.29 is 13.6 Å². The number of carbonyl (C=O) groups is 1. The van der Waals surface area contributed by atoms with Crippen molar-refractivity contribution in [3.8, 4) is 5.69 Å².